The summed E-state index contributed by atoms with van der Waals surface area (Å²) in [6.07, 6.45) is 1.64. The zero-order valence-corrected chi connectivity index (χ0v) is 15.3. The van der Waals surface area contributed by atoms with Crippen molar-refractivity contribution in [2.75, 3.05) is 24.9 Å². The van der Waals surface area contributed by atoms with Crippen LogP contribution in [0.1, 0.15) is 17.3 Å². The van der Waals surface area contributed by atoms with Gasteiger partial charge in [-0.25, -0.2) is 4.98 Å². The molecular weight excluding hydrogens is 344 g/mol. The lowest BCUT2D eigenvalue weighted by Gasteiger charge is -2.12. The lowest BCUT2D eigenvalue weighted by Crippen LogP contribution is -2.02. The molecule has 0 unspecified atom stereocenters. The van der Waals surface area contributed by atoms with Crippen molar-refractivity contribution in [3.05, 3.63) is 60.3 Å². The van der Waals surface area contributed by atoms with Crippen LogP contribution in [-0.2, 0) is 0 Å². The fraction of sp³-hybridized carbons (Fsp3) is 0.150. The fourth-order valence-corrected chi connectivity index (χ4v) is 2.47. The molecule has 0 saturated carbocycles. The van der Waals surface area contributed by atoms with Gasteiger partial charge in [0.2, 0.25) is 5.95 Å². The molecule has 0 aliphatic carbocycles. The Hall–Kier alpha value is -3.61. The van der Waals surface area contributed by atoms with Crippen LogP contribution in [0, 0.1) is 0 Å². The summed E-state index contributed by atoms with van der Waals surface area (Å²) >= 11 is 0. The first-order chi connectivity index (χ1) is 13.1. The van der Waals surface area contributed by atoms with Gasteiger partial charge in [-0.15, -0.1) is 0 Å². The second-order valence-corrected chi connectivity index (χ2v) is 5.72. The van der Waals surface area contributed by atoms with Gasteiger partial charge in [0.15, 0.2) is 5.78 Å². The highest BCUT2D eigenvalue weighted by molar-refractivity contribution is 5.95. The van der Waals surface area contributed by atoms with E-state index in [0.717, 1.165) is 5.69 Å². The van der Waals surface area contributed by atoms with E-state index in [9.17, 15) is 4.79 Å². The molecule has 3 aromatic rings. The van der Waals surface area contributed by atoms with E-state index in [4.69, 9.17) is 9.47 Å². The number of nitrogens with zero attached hydrogens (tertiary/aromatic N) is 2. The van der Waals surface area contributed by atoms with Crippen molar-refractivity contribution in [1.29, 1.82) is 0 Å². The molecule has 27 heavy (non-hydrogen) atoms. The summed E-state index contributed by atoms with van der Waals surface area (Å²) in [6.45, 7) is 1.54. The predicted octanol–water partition coefficient (Wildman–Crippen LogP) is 4.18. The number of aromatic nitrogens is 2. The third-order valence-electron chi connectivity index (χ3n) is 3.85. The van der Waals surface area contributed by atoms with Crippen LogP contribution in [0.3, 0.4) is 0 Å². The maximum atomic E-state index is 11.5. The molecule has 2 aromatic carbocycles. The molecule has 0 fully saturated rings. The number of carbonyl (C=O) groups is 1. The zero-order valence-electron chi connectivity index (χ0n) is 15.3. The molecule has 1 heterocycles. The van der Waals surface area contributed by atoms with Crippen LogP contribution in [-0.4, -0.2) is 30.0 Å². The van der Waals surface area contributed by atoms with Gasteiger partial charge in [-0.1, -0.05) is 12.1 Å². The lowest BCUT2D eigenvalue weighted by molar-refractivity contribution is 0.101. The van der Waals surface area contributed by atoms with Crippen molar-refractivity contribution < 1.29 is 14.3 Å². The second kappa shape index (κ2) is 8.18. The van der Waals surface area contributed by atoms with E-state index in [1.165, 1.54) is 6.92 Å². The first-order valence-electron chi connectivity index (χ1n) is 8.29. The van der Waals surface area contributed by atoms with E-state index in [-0.39, 0.29) is 5.78 Å². The maximum absolute atomic E-state index is 11.5. The predicted molar refractivity (Wildman–Crippen MR) is 105 cm³/mol. The zero-order chi connectivity index (χ0) is 19.2. The van der Waals surface area contributed by atoms with Crippen LogP contribution < -0.4 is 20.1 Å². The first-order valence-corrected chi connectivity index (χ1v) is 8.29. The molecule has 0 radical (unpaired) electrons. The van der Waals surface area contributed by atoms with E-state index in [0.29, 0.717) is 34.5 Å². The van der Waals surface area contributed by atoms with Crippen LogP contribution in [0.2, 0.25) is 0 Å². The average molecular weight is 364 g/mol. The number of ether oxygens (including phenoxy) is 2. The summed E-state index contributed by atoms with van der Waals surface area (Å²) in [5.41, 5.74) is 2.12. The van der Waals surface area contributed by atoms with Crippen molar-refractivity contribution in [3.8, 4) is 11.5 Å². The second-order valence-electron chi connectivity index (χ2n) is 5.72. The quantitative estimate of drug-likeness (QED) is 0.608. The third-order valence-corrected chi connectivity index (χ3v) is 3.85. The fourth-order valence-electron chi connectivity index (χ4n) is 2.47. The summed E-state index contributed by atoms with van der Waals surface area (Å²) < 4.78 is 10.6. The molecule has 0 spiro atoms. The minimum Gasteiger partial charge on any atom is -0.497 e. The number of ketones is 1. The molecule has 0 amide bonds. The van der Waals surface area contributed by atoms with Gasteiger partial charge >= 0.3 is 0 Å². The van der Waals surface area contributed by atoms with Crippen LogP contribution in [0.5, 0.6) is 11.5 Å². The molecule has 1 aromatic heterocycles. The number of benzene rings is 2. The number of hydrogen-bond acceptors (Lipinski definition) is 7. The normalized spacial score (nSPS) is 10.2. The van der Waals surface area contributed by atoms with Gasteiger partial charge in [-0.3, -0.25) is 4.79 Å². The molecule has 7 nitrogen and oxygen atoms in total. The van der Waals surface area contributed by atoms with Crippen LogP contribution in [0.25, 0.3) is 0 Å². The summed E-state index contributed by atoms with van der Waals surface area (Å²) in [5.74, 6) is 2.33. The minimum absolute atomic E-state index is 0.00953. The van der Waals surface area contributed by atoms with Crippen LogP contribution >= 0.6 is 0 Å². The Morgan fingerprint density at radius 2 is 1.85 bits per heavy atom. The first kappa shape index (κ1) is 18.2. The lowest BCUT2D eigenvalue weighted by atomic mass is 10.1. The van der Waals surface area contributed by atoms with Crippen molar-refractivity contribution in [2.24, 2.45) is 0 Å². The molecule has 0 saturated heterocycles. The molecule has 7 heteroatoms. The highest BCUT2D eigenvalue weighted by Crippen LogP contribution is 2.30. The maximum Gasteiger partial charge on any atom is 0.229 e. The number of anilines is 4. The number of methoxy groups -OCH3 is 2. The Morgan fingerprint density at radius 1 is 1.00 bits per heavy atom. The topological polar surface area (TPSA) is 85.4 Å². The molecule has 0 atom stereocenters. The number of Topliss-reactive ketones (excluding diaryl/α,β-unsaturated/α-hetero) is 1. The van der Waals surface area contributed by atoms with Crippen LogP contribution in [0.4, 0.5) is 23.1 Å². The Kier molecular flexibility index (Phi) is 5.51. The Morgan fingerprint density at radius 3 is 2.59 bits per heavy atom. The molecular formula is C20H20N4O3. The molecule has 0 aliphatic rings. The Balaban J connectivity index is 1.80. The molecule has 0 bridgehead atoms. The van der Waals surface area contributed by atoms with E-state index in [1.807, 2.05) is 24.3 Å². The Labute approximate surface area is 157 Å². The van der Waals surface area contributed by atoms with Crippen molar-refractivity contribution in [2.45, 2.75) is 6.92 Å². The van der Waals surface area contributed by atoms with E-state index >= 15 is 0 Å². The van der Waals surface area contributed by atoms with Gasteiger partial charge < -0.3 is 20.1 Å². The third kappa shape index (κ3) is 4.52. The minimum atomic E-state index is 0.00953. The standard InChI is InChI=1S/C20H20N4O3/c1-13(25)14-5-4-6-15(11-14)22-19-9-10-21-20(24-19)23-17-8-7-16(26-2)12-18(17)27-3/h4-12H,1-3H3,(H2,21,22,23,24). The summed E-state index contributed by atoms with van der Waals surface area (Å²) in [4.78, 5) is 20.2. The van der Waals surface area contributed by atoms with Crippen molar-refractivity contribution in [1.82, 2.24) is 9.97 Å². The smallest absolute Gasteiger partial charge is 0.229 e. The van der Waals surface area contributed by atoms with Crippen molar-refractivity contribution >= 4 is 28.9 Å². The van der Waals surface area contributed by atoms with Gasteiger partial charge in [-0.2, -0.15) is 4.98 Å². The monoisotopic (exact) mass is 364 g/mol. The van der Waals surface area contributed by atoms with Gasteiger partial charge in [0, 0.05) is 23.5 Å². The number of nitrogens with one attached hydrogen (secondary N) is 2. The summed E-state index contributed by atoms with van der Waals surface area (Å²) in [5, 5.41) is 6.31. The van der Waals surface area contributed by atoms with Gasteiger partial charge in [0.05, 0.1) is 19.9 Å². The average Bonchev–Trinajstić information content (AvgIpc) is 2.68. The summed E-state index contributed by atoms with van der Waals surface area (Å²) in [6, 6.07) is 14.4. The molecule has 2 N–H and O–H groups in total. The SMILES string of the molecule is COc1ccc(Nc2nccc(Nc3cccc(C(C)=O)c3)n2)c(OC)c1. The van der Waals surface area contributed by atoms with Gasteiger partial charge in [0.25, 0.3) is 0 Å². The molecule has 138 valence electrons. The highest BCUT2D eigenvalue weighted by Gasteiger charge is 2.08. The van der Waals surface area contributed by atoms with Gasteiger partial charge in [0.1, 0.15) is 17.3 Å². The van der Waals surface area contributed by atoms with E-state index in [2.05, 4.69) is 20.6 Å². The molecule has 3 rings (SSSR count). The largest absolute Gasteiger partial charge is 0.497 e. The number of carbonyl (C=O) groups excluding carboxylic acids is 1. The number of rotatable bonds is 7. The van der Waals surface area contributed by atoms with Gasteiger partial charge in [-0.05, 0) is 37.3 Å². The van der Waals surface area contributed by atoms with E-state index < -0.39 is 0 Å². The summed E-state index contributed by atoms with van der Waals surface area (Å²) in [7, 11) is 3.18. The van der Waals surface area contributed by atoms with E-state index in [1.54, 1.807) is 44.7 Å². The Bertz CT molecular complexity index is 959. The van der Waals surface area contributed by atoms with Crippen molar-refractivity contribution in [3.63, 3.8) is 0 Å². The van der Waals surface area contributed by atoms with Crippen LogP contribution in [0.15, 0.2) is 54.7 Å². The molecule has 0 aliphatic heterocycles. The highest BCUT2D eigenvalue weighted by atomic mass is 16.5. The number of hydrogen-bond donors (Lipinski definition) is 2.